The van der Waals surface area contributed by atoms with Gasteiger partial charge in [0.15, 0.2) is 0 Å². The highest BCUT2D eigenvalue weighted by molar-refractivity contribution is 5.93. The maximum Gasteiger partial charge on any atom is 0.338 e. The zero-order valence-corrected chi connectivity index (χ0v) is 16.9. The topological polar surface area (TPSA) is 73.6 Å². The number of hydrogen-bond donors (Lipinski definition) is 1. The molecule has 156 valence electrons. The molecular formula is C24H25FN2O3. The van der Waals surface area contributed by atoms with Crippen LogP contribution in [0.15, 0.2) is 36.4 Å². The van der Waals surface area contributed by atoms with Crippen LogP contribution in [0, 0.1) is 17.1 Å². The molecule has 4 rings (SSSR count). The van der Waals surface area contributed by atoms with Crippen molar-refractivity contribution < 1.29 is 19.0 Å². The van der Waals surface area contributed by atoms with Crippen molar-refractivity contribution in [1.29, 1.82) is 5.26 Å². The first-order valence-electron chi connectivity index (χ1n) is 10.4. The summed E-state index contributed by atoms with van der Waals surface area (Å²) in [6.07, 6.45) is 3.53. The molecule has 0 aromatic heterocycles. The Morgan fingerprint density at radius 1 is 1.13 bits per heavy atom. The molecule has 2 aliphatic heterocycles. The van der Waals surface area contributed by atoms with Crippen LogP contribution >= 0.6 is 0 Å². The fraction of sp³-hybridized carbons (Fsp3) is 0.417. The molecule has 0 radical (unpaired) electrons. The molecule has 0 atom stereocenters. The highest BCUT2D eigenvalue weighted by Crippen LogP contribution is 2.28. The van der Waals surface area contributed by atoms with Gasteiger partial charge in [-0.2, -0.15) is 5.26 Å². The average Bonchev–Trinajstić information content (AvgIpc) is 3.13. The second-order valence-corrected chi connectivity index (χ2v) is 8.31. The van der Waals surface area contributed by atoms with E-state index in [2.05, 4.69) is 11.0 Å². The first kappa shape index (κ1) is 20.5. The van der Waals surface area contributed by atoms with Crippen molar-refractivity contribution in [3.63, 3.8) is 0 Å². The SMILES string of the molecule is N#Cc1cc(CCC2(O)CCN(CCc3ccc4c(c3)COC4=O)CC2)ccc1F. The summed E-state index contributed by atoms with van der Waals surface area (Å²) in [5.74, 6) is -0.743. The summed E-state index contributed by atoms with van der Waals surface area (Å²) in [6, 6.07) is 12.3. The Kier molecular flexibility index (Phi) is 5.85. The van der Waals surface area contributed by atoms with Gasteiger partial charge in [0.05, 0.1) is 16.7 Å². The summed E-state index contributed by atoms with van der Waals surface area (Å²) in [7, 11) is 0. The van der Waals surface area contributed by atoms with E-state index in [-0.39, 0.29) is 11.5 Å². The number of nitriles is 1. The minimum Gasteiger partial charge on any atom is -0.457 e. The Morgan fingerprint density at radius 2 is 1.87 bits per heavy atom. The number of cyclic esters (lactones) is 1. The lowest BCUT2D eigenvalue weighted by molar-refractivity contribution is -0.0269. The van der Waals surface area contributed by atoms with Crippen LogP contribution in [0.4, 0.5) is 4.39 Å². The Morgan fingerprint density at radius 3 is 2.63 bits per heavy atom. The van der Waals surface area contributed by atoms with E-state index in [0.717, 1.165) is 37.2 Å². The summed E-state index contributed by atoms with van der Waals surface area (Å²) in [5, 5.41) is 19.9. The number of halogens is 1. The van der Waals surface area contributed by atoms with Gasteiger partial charge in [-0.05, 0) is 61.4 Å². The van der Waals surface area contributed by atoms with Crippen LogP contribution in [0.25, 0.3) is 0 Å². The molecule has 2 aromatic rings. The lowest BCUT2D eigenvalue weighted by atomic mass is 9.85. The van der Waals surface area contributed by atoms with Gasteiger partial charge in [0.25, 0.3) is 0 Å². The third-order valence-corrected chi connectivity index (χ3v) is 6.28. The maximum atomic E-state index is 13.5. The molecular weight excluding hydrogens is 383 g/mol. The van der Waals surface area contributed by atoms with Gasteiger partial charge in [-0.15, -0.1) is 0 Å². The quantitative estimate of drug-likeness (QED) is 0.742. The van der Waals surface area contributed by atoms with E-state index in [1.54, 1.807) is 12.1 Å². The highest BCUT2D eigenvalue weighted by atomic mass is 19.1. The number of hydrogen-bond acceptors (Lipinski definition) is 5. The first-order chi connectivity index (χ1) is 14.5. The lowest BCUT2D eigenvalue weighted by Gasteiger charge is -2.38. The van der Waals surface area contributed by atoms with E-state index in [0.29, 0.717) is 37.9 Å². The zero-order valence-electron chi connectivity index (χ0n) is 16.9. The van der Waals surface area contributed by atoms with Crippen LogP contribution in [0.3, 0.4) is 0 Å². The second kappa shape index (κ2) is 8.55. The molecule has 0 spiro atoms. The van der Waals surface area contributed by atoms with Crippen molar-refractivity contribution in [2.45, 2.75) is 44.3 Å². The van der Waals surface area contributed by atoms with Crippen LogP contribution in [0.2, 0.25) is 0 Å². The van der Waals surface area contributed by atoms with Crippen molar-refractivity contribution in [2.24, 2.45) is 0 Å². The van der Waals surface area contributed by atoms with E-state index in [9.17, 15) is 14.3 Å². The lowest BCUT2D eigenvalue weighted by Crippen LogP contribution is -2.45. The van der Waals surface area contributed by atoms with Crippen molar-refractivity contribution >= 4 is 5.97 Å². The largest absolute Gasteiger partial charge is 0.457 e. The second-order valence-electron chi connectivity index (χ2n) is 8.31. The van der Waals surface area contributed by atoms with Gasteiger partial charge in [0.2, 0.25) is 0 Å². The monoisotopic (exact) mass is 408 g/mol. The number of benzene rings is 2. The summed E-state index contributed by atoms with van der Waals surface area (Å²) >= 11 is 0. The van der Waals surface area contributed by atoms with Gasteiger partial charge < -0.3 is 14.7 Å². The van der Waals surface area contributed by atoms with E-state index in [4.69, 9.17) is 10.00 Å². The number of carbonyl (C=O) groups is 1. The van der Waals surface area contributed by atoms with Crippen molar-refractivity contribution in [2.75, 3.05) is 19.6 Å². The third kappa shape index (κ3) is 4.53. The van der Waals surface area contributed by atoms with Gasteiger partial charge in [-0.1, -0.05) is 18.2 Å². The molecule has 1 saturated heterocycles. The van der Waals surface area contributed by atoms with E-state index >= 15 is 0 Å². The third-order valence-electron chi connectivity index (χ3n) is 6.28. The summed E-state index contributed by atoms with van der Waals surface area (Å²) in [4.78, 5) is 13.9. The molecule has 2 aromatic carbocycles. The number of piperidine rings is 1. The fourth-order valence-corrected chi connectivity index (χ4v) is 4.26. The smallest absolute Gasteiger partial charge is 0.338 e. The molecule has 0 unspecified atom stereocenters. The zero-order chi connectivity index (χ0) is 21.1. The number of carbonyl (C=O) groups excluding carboxylic acids is 1. The fourth-order valence-electron chi connectivity index (χ4n) is 4.26. The van der Waals surface area contributed by atoms with Crippen LogP contribution < -0.4 is 0 Å². The number of fused-ring (bicyclic) bond motifs is 1. The summed E-state index contributed by atoms with van der Waals surface area (Å²) in [6.45, 7) is 2.93. The number of likely N-dealkylation sites (tertiary alicyclic amines) is 1. The maximum absolute atomic E-state index is 13.5. The normalized spacial score (nSPS) is 18.0. The van der Waals surface area contributed by atoms with Crippen LogP contribution in [0.1, 0.15) is 51.9 Å². The van der Waals surface area contributed by atoms with Gasteiger partial charge >= 0.3 is 5.97 Å². The molecule has 2 aliphatic rings. The molecule has 30 heavy (non-hydrogen) atoms. The van der Waals surface area contributed by atoms with Crippen LogP contribution in [0.5, 0.6) is 0 Å². The Bertz CT molecular complexity index is 990. The number of esters is 1. The number of rotatable bonds is 6. The molecule has 0 saturated carbocycles. The van der Waals surface area contributed by atoms with Crippen LogP contribution in [-0.2, 0) is 24.2 Å². The van der Waals surface area contributed by atoms with Crippen molar-refractivity contribution in [3.8, 4) is 6.07 Å². The van der Waals surface area contributed by atoms with Gasteiger partial charge in [0.1, 0.15) is 18.5 Å². The molecule has 1 fully saturated rings. The number of nitrogens with zero attached hydrogens (tertiary/aromatic N) is 2. The van der Waals surface area contributed by atoms with Crippen molar-refractivity contribution in [3.05, 3.63) is 70.0 Å². The van der Waals surface area contributed by atoms with E-state index in [1.165, 1.54) is 11.6 Å². The molecule has 1 N–H and O–H groups in total. The molecule has 2 heterocycles. The minimum atomic E-state index is -0.719. The summed E-state index contributed by atoms with van der Waals surface area (Å²) in [5.41, 5.74) is 3.04. The van der Waals surface area contributed by atoms with Gasteiger partial charge in [0, 0.05) is 25.2 Å². The van der Waals surface area contributed by atoms with Crippen molar-refractivity contribution in [1.82, 2.24) is 4.90 Å². The molecule has 0 aliphatic carbocycles. The van der Waals surface area contributed by atoms with Gasteiger partial charge in [-0.3, -0.25) is 0 Å². The Balaban J connectivity index is 1.25. The number of aliphatic hydroxyl groups is 1. The molecule has 6 heteroatoms. The summed E-state index contributed by atoms with van der Waals surface area (Å²) < 4.78 is 18.5. The van der Waals surface area contributed by atoms with Gasteiger partial charge in [-0.25, -0.2) is 9.18 Å². The predicted octanol–water partition coefficient (Wildman–Crippen LogP) is 3.37. The Hall–Kier alpha value is -2.75. The molecule has 0 amide bonds. The predicted molar refractivity (Wildman–Crippen MR) is 109 cm³/mol. The first-order valence-corrected chi connectivity index (χ1v) is 10.4. The average molecular weight is 408 g/mol. The minimum absolute atomic E-state index is 0.0526. The van der Waals surface area contributed by atoms with E-state index < -0.39 is 11.4 Å². The Labute approximate surface area is 175 Å². The number of ether oxygens (including phenoxy) is 1. The standard InChI is InChI=1S/C24H25FN2O3/c25-22-4-2-17(13-19(22)15-26)5-7-24(29)8-11-27(12-9-24)10-6-18-1-3-21-20(14-18)16-30-23(21)28/h1-4,13-14,29H,5-12,16H2. The molecule has 0 bridgehead atoms. The van der Waals surface area contributed by atoms with E-state index in [1.807, 2.05) is 18.2 Å². The highest BCUT2D eigenvalue weighted by Gasteiger charge is 2.31. The number of aryl methyl sites for hydroxylation is 1. The van der Waals surface area contributed by atoms with Crippen LogP contribution in [-0.4, -0.2) is 41.2 Å². The molecule has 5 nitrogen and oxygen atoms in total.